The minimum Gasteiger partial charge on any atom is -0.486 e. The predicted octanol–water partition coefficient (Wildman–Crippen LogP) is 1.30. The SMILES string of the molecule is CNC(=O)CNC(=O)CSc1n[nH]c(COc2ccc(Cl)c(C)c2)n1. The molecule has 1 aromatic heterocycles. The van der Waals surface area contributed by atoms with Gasteiger partial charge in [-0.1, -0.05) is 23.4 Å². The predicted molar refractivity (Wildman–Crippen MR) is 94.7 cm³/mol. The summed E-state index contributed by atoms with van der Waals surface area (Å²) >= 11 is 7.13. The fourth-order valence-electron chi connectivity index (χ4n) is 1.71. The van der Waals surface area contributed by atoms with Crippen molar-refractivity contribution in [3.63, 3.8) is 0 Å². The maximum atomic E-state index is 11.6. The zero-order valence-electron chi connectivity index (χ0n) is 13.8. The van der Waals surface area contributed by atoms with Crippen molar-refractivity contribution in [3.8, 4) is 5.75 Å². The van der Waals surface area contributed by atoms with Crippen LogP contribution in [0.2, 0.25) is 5.02 Å². The molecule has 2 rings (SSSR count). The van der Waals surface area contributed by atoms with Gasteiger partial charge in [-0.3, -0.25) is 14.7 Å². The van der Waals surface area contributed by atoms with Crippen LogP contribution in [0.15, 0.2) is 23.4 Å². The number of halogens is 1. The number of likely N-dealkylation sites (N-methyl/N-ethyl adjacent to an activating group) is 1. The molecule has 2 aromatic rings. The summed E-state index contributed by atoms with van der Waals surface area (Å²) in [7, 11) is 1.51. The molecule has 134 valence electrons. The van der Waals surface area contributed by atoms with Crippen molar-refractivity contribution in [3.05, 3.63) is 34.6 Å². The lowest BCUT2D eigenvalue weighted by molar-refractivity contribution is -0.124. The summed E-state index contributed by atoms with van der Waals surface area (Å²) < 4.78 is 5.62. The van der Waals surface area contributed by atoms with Crippen molar-refractivity contribution in [1.29, 1.82) is 0 Å². The summed E-state index contributed by atoms with van der Waals surface area (Å²) in [5.74, 6) is 0.814. The molecule has 10 heteroatoms. The molecule has 0 spiro atoms. The van der Waals surface area contributed by atoms with E-state index in [2.05, 4.69) is 25.8 Å². The molecule has 1 aromatic carbocycles. The van der Waals surface area contributed by atoms with E-state index in [0.29, 0.717) is 21.8 Å². The molecular formula is C15H18ClN5O3S. The van der Waals surface area contributed by atoms with Gasteiger partial charge in [-0.25, -0.2) is 4.98 Å². The second-order valence-electron chi connectivity index (χ2n) is 5.00. The Bertz CT molecular complexity index is 753. The number of hydrogen-bond acceptors (Lipinski definition) is 6. The number of aromatic amines is 1. The van der Waals surface area contributed by atoms with Crippen molar-refractivity contribution < 1.29 is 14.3 Å². The Kier molecular flexibility index (Phi) is 7.08. The van der Waals surface area contributed by atoms with Gasteiger partial charge in [-0.15, -0.1) is 5.10 Å². The third-order valence-electron chi connectivity index (χ3n) is 3.07. The number of carbonyl (C=O) groups excluding carboxylic acids is 2. The summed E-state index contributed by atoms with van der Waals surface area (Å²) in [5.41, 5.74) is 0.927. The number of nitrogens with one attached hydrogen (secondary N) is 3. The maximum Gasteiger partial charge on any atom is 0.239 e. The number of aromatic nitrogens is 3. The van der Waals surface area contributed by atoms with Crippen molar-refractivity contribution in [2.45, 2.75) is 18.7 Å². The monoisotopic (exact) mass is 383 g/mol. The largest absolute Gasteiger partial charge is 0.486 e. The molecule has 1 heterocycles. The number of hydrogen-bond donors (Lipinski definition) is 3. The number of benzene rings is 1. The summed E-state index contributed by atoms with van der Waals surface area (Å²) in [4.78, 5) is 26.9. The average molecular weight is 384 g/mol. The van der Waals surface area contributed by atoms with Gasteiger partial charge in [0.2, 0.25) is 17.0 Å². The van der Waals surface area contributed by atoms with Crippen LogP contribution in [0.3, 0.4) is 0 Å². The van der Waals surface area contributed by atoms with Gasteiger partial charge in [-0.05, 0) is 30.7 Å². The molecule has 0 unspecified atom stereocenters. The Morgan fingerprint density at radius 2 is 2.16 bits per heavy atom. The lowest BCUT2D eigenvalue weighted by atomic mass is 10.2. The molecule has 0 aliphatic heterocycles. The van der Waals surface area contributed by atoms with Crippen LogP contribution in [0.5, 0.6) is 5.75 Å². The number of aryl methyl sites for hydroxylation is 1. The molecular weight excluding hydrogens is 366 g/mol. The molecule has 0 aliphatic rings. The number of carbonyl (C=O) groups is 2. The van der Waals surface area contributed by atoms with Crippen molar-refractivity contribution >= 4 is 35.2 Å². The molecule has 0 aliphatic carbocycles. The third kappa shape index (κ3) is 6.28. The van der Waals surface area contributed by atoms with Crippen molar-refractivity contribution in [1.82, 2.24) is 25.8 Å². The van der Waals surface area contributed by atoms with Crippen LogP contribution in [-0.2, 0) is 16.2 Å². The molecule has 0 saturated heterocycles. The minimum absolute atomic E-state index is 0.0521. The van der Waals surface area contributed by atoms with Gasteiger partial charge in [-0.2, -0.15) is 0 Å². The van der Waals surface area contributed by atoms with Crippen LogP contribution in [0.25, 0.3) is 0 Å². The smallest absolute Gasteiger partial charge is 0.239 e. The Morgan fingerprint density at radius 1 is 1.36 bits per heavy atom. The summed E-state index contributed by atoms with van der Waals surface area (Å²) in [6.07, 6.45) is 0. The van der Waals surface area contributed by atoms with E-state index in [9.17, 15) is 9.59 Å². The third-order valence-corrected chi connectivity index (χ3v) is 4.34. The first kappa shape index (κ1) is 19.1. The van der Waals surface area contributed by atoms with Gasteiger partial charge in [0, 0.05) is 12.1 Å². The number of rotatable bonds is 8. The zero-order chi connectivity index (χ0) is 18.2. The fraction of sp³-hybridized carbons (Fsp3) is 0.333. The van der Waals surface area contributed by atoms with Crippen LogP contribution in [0, 0.1) is 6.92 Å². The molecule has 0 fully saturated rings. The summed E-state index contributed by atoms with van der Waals surface area (Å²) in [6.45, 7) is 2.06. The normalized spacial score (nSPS) is 10.4. The van der Waals surface area contributed by atoms with E-state index < -0.39 is 0 Å². The average Bonchev–Trinajstić information content (AvgIpc) is 3.06. The van der Waals surface area contributed by atoms with E-state index in [1.165, 1.54) is 7.05 Å². The van der Waals surface area contributed by atoms with E-state index in [1.54, 1.807) is 12.1 Å². The second-order valence-corrected chi connectivity index (χ2v) is 6.35. The highest BCUT2D eigenvalue weighted by Crippen LogP contribution is 2.21. The van der Waals surface area contributed by atoms with Crippen LogP contribution in [0.4, 0.5) is 0 Å². The first-order chi connectivity index (χ1) is 12.0. The van der Waals surface area contributed by atoms with Crippen LogP contribution >= 0.6 is 23.4 Å². The second kappa shape index (κ2) is 9.28. The molecule has 3 N–H and O–H groups in total. The molecule has 8 nitrogen and oxygen atoms in total. The summed E-state index contributed by atoms with van der Waals surface area (Å²) in [6, 6.07) is 5.38. The van der Waals surface area contributed by atoms with Gasteiger partial charge < -0.3 is 15.4 Å². The van der Waals surface area contributed by atoms with Crippen molar-refractivity contribution in [2.24, 2.45) is 0 Å². The Hall–Kier alpha value is -2.26. The lowest BCUT2D eigenvalue weighted by Crippen LogP contribution is -2.36. The highest BCUT2D eigenvalue weighted by atomic mass is 35.5. The van der Waals surface area contributed by atoms with E-state index in [-0.39, 0.29) is 30.7 Å². The molecule has 2 amide bonds. The molecule has 0 saturated carbocycles. The van der Waals surface area contributed by atoms with Crippen LogP contribution in [-0.4, -0.2) is 46.3 Å². The van der Waals surface area contributed by atoms with Gasteiger partial charge in [0.25, 0.3) is 0 Å². The minimum atomic E-state index is -0.271. The topological polar surface area (TPSA) is 109 Å². The Balaban J connectivity index is 1.76. The first-order valence-corrected chi connectivity index (χ1v) is 8.74. The Labute approximate surface area is 154 Å². The number of amides is 2. The fourth-order valence-corrected chi connectivity index (χ4v) is 2.48. The first-order valence-electron chi connectivity index (χ1n) is 7.38. The quantitative estimate of drug-likeness (QED) is 0.593. The number of nitrogens with zero attached hydrogens (tertiary/aromatic N) is 2. The number of thioether (sulfide) groups is 1. The maximum absolute atomic E-state index is 11.6. The highest BCUT2D eigenvalue weighted by molar-refractivity contribution is 7.99. The lowest BCUT2D eigenvalue weighted by Gasteiger charge is -2.05. The number of H-pyrrole nitrogens is 1. The molecule has 0 bridgehead atoms. The summed E-state index contributed by atoms with van der Waals surface area (Å²) in [5, 5.41) is 12.8. The van der Waals surface area contributed by atoms with Gasteiger partial charge in [0.05, 0.1) is 12.3 Å². The standard InChI is InChI=1S/C15H18ClN5O3S/c1-9-5-10(3-4-11(9)16)24-7-12-19-15(21-20-12)25-8-14(23)18-6-13(22)17-2/h3-5H,6-8H2,1-2H3,(H,17,22)(H,18,23)(H,19,20,21). The zero-order valence-corrected chi connectivity index (χ0v) is 15.3. The van der Waals surface area contributed by atoms with Crippen LogP contribution in [0.1, 0.15) is 11.4 Å². The van der Waals surface area contributed by atoms with Gasteiger partial charge in [0.15, 0.2) is 5.82 Å². The van der Waals surface area contributed by atoms with Gasteiger partial charge in [0.1, 0.15) is 12.4 Å². The van der Waals surface area contributed by atoms with E-state index in [1.807, 2.05) is 13.0 Å². The van der Waals surface area contributed by atoms with Crippen molar-refractivity contribution in [2.75, 3.05) is 19.3 Å². The molecule has 0 atom stereocenters. The van der Waals surface area contributed by atoms with E-state index in [0.717, 1.165) is 17.3 Å². The van der Waals surface area contributed by atoms with E-state index >= 15 is 0 Å². The Morgan fingerprint density at radius 3 is 2.88 bits per heavy atom. The van der Waals surface area contributed by atoms with Gasteiger partial charge >= 0.3 is 0 Å². The number of ether oxygens (including phenoxy) is 1. The van der Waals surface area contributed by atoms with E-state index in [4.69, 9.17) is 16.3 Å². The van der Waals surface area contributed by atoms with Crippen LogP contribution < -0.4 is 15.4 Å². The highest BCUT2D eigenvalue weighted by Gasteiger charge is 2.09. The molecule has 0 radical (unpaired) electrons. The molecule has 25 heavy (non-hydrogen) atoms.